The largest absolute Gasteiger partial charge is 0.506 e. The molecule has 4 aromatic rings. The van der Waals surface area contributed by atoms with Crippen LogP contribution in [0.1, 0.15) is 0 Å². The smallest absolute Gasteiger partial charge is 0.263 e. The first-order valence-electron chi connectivity index (χ1n) is 7.75. The molecule has 0 aliphatic heterocycles. The number of phenolic OH excluding ortho intramolecular Hbond substituents is 1. The number of hydrogen-bond donors (Lipinski definition) is 2. The second-order valence-electron chi connectivity index (χ2n) is 5.60. The molecule has 0 fully saturated rings. The van der Waals surface area contributed by atoms with E-state index in [4.69, 9.17) is 0 Å². The van der Waals surface area contributed by atoms with Gasteiger partial charge in [-0.2, -0.15) is 5.10 Å². The first-order chi connectivity index (χ1) is 12.5. The Hall–Kier alpha value is -3.39. The lowest BCUT2D eigenvalue weighted by atomic mass is 10.2. The summed E-state index contributed by atoms with van der Waals surface area (Å²) in [7, 11) is -3.80. The summed E-state index contributed by atoms with van der Waals surface area (Å²) in [4.78, 5) is 4.29. The molecule has 0 amide bonds. The SMILES string of the molecule is O=S(=O)(Nc1ccc2cccc(O)c2n1)c1ccc(-n2cccn2)cc1. The van der Waals surface area contributed by atoms with E-state index in [9.17, 15) is 13.5 Å². The molecule has 4 rings (SSSR count). The Bertz CT molecular complexity index is 1170. The summed E-state index contributed by atoms with van der Waals surface area (Å²) < 4.78 is 29.2. The molecular weight excluding hydrogens is 352 g/mol. The predicted molar refractivity (Wildman–Crippen MR) is 97.8 cm³/mol. The maximum Gasteiger partial charge on any atom is 0.263 e. The summed E-state index contributed by atoms with van der Waals surface area (Å²) in [6, 6.07) is 16.4. The minimum atomic E-state index is -3.80. The molecule has 0 saturated carbocycles. The number of aromatic hydroxyl groups is 1. The van der Waals surface area contributed by atoms with Crippen LogP contribution in [0.2, 0.25) is 0 Å². The van der Waals surface area contributed by atoms with Crippen molar-refractivity contribution in [3.8, 4) is 11.4 Å². The number of sulfonamides is 1. The molecule has 0 radical (unpaired) electrons. The minimum absolute atomic E-state index is 0.00729. The molecule has 2 N–H and O–H groups in total. The molecule has 8 heteroatoms. The summed E-state index contributed by atoms with van der Waals surface area (Å²) in [6.07, 6.45) is 3.42. The van der Waals surface area contributed by atoms with Crippen molar-refractivity contribution in [3.63, 3.8) is 0 Å². The van der Waals surface area contributed by atoms with Crippen LogP contribution < -0.4 is 4.72 Å². The Morgan fingerprint density at radius 3 is 2.50 bits per heavy atom. The van der Waals surface area contributed by atoms with E-state index < -0.39 is 10.0 Å². The highest BCUT2D eigenvalue weighted by Gasteiger charge is 2.15. The van der Waals surface area contributed by atoms with Gasteiger partial charge in [-0.25, -0.2) is 18.1 Å². The molecule has 2 aromatic heterocycles. The number of hydrogen-bond acceptors (Lipinski definition) is 5. The maximum atomic E-state index is 12.6. The minimum Gasteiger partial charge on any atom is -0.506 e. The van der Waals surface area contributed by atoms with E-state index in [2.05, 4.69) is 14.8 Å². The van der Waals surface area contributed by atoms with Crippen LogP contribution in [0.4, 0.5) is 5.82 Å². The highest BCUT2D eigenvalue weighted by atomic mass is 32.2. The highest BCUT2D eigenvalue weighted by molar-refractivity contribution is 7.92. The number of aromatic nitrogens is 3. The fourth-order valence-electron chi connectivity index (χ4n) is 2.58. The quantitative estimate of drug-likeness (QED) is 0.579. The number of rotatable bonds is 4. The van der Waals surface area contributed by atoms with Crippen LogP contribution in [0.5, 0.6) is 5.75 Å². The van der Waals surface area contributed by atoms with Gasteiger partial charge in [-0.15, -0.1) is 0 Å². The summed E-state index contributed by atoms with van der Waals surface area (Å²) >= 11 is 0. The molecule has 0 aliphatic carbocycles. The van der Waals surface area contributed by atoms with Gasteiger partial charge in [-0.1, -0.05) is 12.1 Å². The monoisotopic (exact) mass is 366 g/mol. The van der Waals surface area contributed by atoms with Gasteiger partial charge >= 0.3 is 0 Å². The predicted octanol–water partition coefficient (Wildman–Crippen LogP) is 2.93. The van der Waals surface area contributed by atoms with Gasteiger partial charge in [-0.3, -0.25) is 4.72 Å². The molecule has 130 valence electrons. The standard InChI is InChI=1S/C18H14N4O3S/c23-16-4-1-3-13-5-10-17(20-18(13)16)21-26(24,25)15-8-6-14(7-9-15)22-12-2-11-19-22/h1-12,23H,(H,20,21). The number of anilines is 1. The second kappa shape index (κ2) is 6.16. The summed E-state index contributed by atoms with van der Waals surface area (Å²) in [5, 5.41) is 14.7. The van der Waals surface area contributed by atoms with Crippen molar-refractivity contribution in [1.82, 2.24) is 14.8 Å². The van der Waals surface area contributed by atoms with Crippen molar-refractivity contribution in [1.29, 1.82) is 0 Å². The molecule has 0 atom stereocenters. The van der Waals surface area contributed by atoms with E-state index in [-0.39, 0.29) is 16.5 Å². The first-order valence-corrected chi connectivity index (χ1v) is 9.23. The van der Waals surface area contributed by atoms with E-state index in [1.54, 1.807) is 59.5 Å². The van der Waals surface area contributed by atoms with Crippen LogP contribution in [0, 0.1) is 0 Å². The van der Waals surface area contributed by atoms with Crippen molar-refractivity contribution in [3.05, 3.63) is 73.1 Å². The van der Waals surface area contributed by atoms with Gasteiger partial charge in [-0.05, 0) is 48.5 Å². The number of fused-ring (bicyclic) bond motifs is 1. The van der Waals surface area contributed by atoms with Crippen molar-refractivity contribution in [2.75, 3.05) is 4.72 Å². The Balaban J connectivity index is 1.64. The summed E-state index contributed by atoms with van der Waals surface area (Å²) in [6.45, 7) is 0. The number of benzene rings is 2. The zero-order valence-electron chi connectivity index (χ0n) is 13.4. The zero-order chi connectivity index (χ0) is 18.1. The fourth-order valence-corrected chi connectivity index (χ4v) is 3.59. The molecular formula is C18H14N4O3S. The van der Waals surface area contributed by atoms with Crippen LogP contribution in [0.15, 0.2) is 78.0 Å². The third-order valence-electron chi connectivity index (χ3n) is 3.85. The number of nitrogens with zero attached hydrogens (tertiary/aromatic N) is 3. The van der Waals surface area contributed by atoms with E-state index in [1.165, 1.54) is 18.2 Å². The van der Waals surface area contributed by atoms with Gasteiger partial charge in [0.15, 0.2) is 0 Å². The van der Waals surface area contributed by atoms with Crippen LogP contribution >= 0.6 is 0 Å². The van der Waals surface area contributed by atoms with Crippen LogP contribution in [0.25, 0.3) is 16.6 Å². The normalized spacial score (nSPS) is 11.5. The molecule has 2 aromatic carbocycles. The second-order valence-corrected chi connectivity index (χ2v) is 7.28. The van der Waals surface area contributed by atoms with E-state index in [1.807, 2.05) is 0 Å². The Labute approximate surface area is 149 Å². The maximum absolute atomic E-state index is 12.6. The number of nitrogens with one attached hydrogen (secondary N) is 1. The zero-order valence-corrected chi connectivity index (χ0v) is 14.3. The molecule has 0 unspecified atom stereocenters. The Morgan fingerprint density at radius 1 is 0.962 bits per heavy atom. The molecule has 0 aliphatic rings. The molecule has 0 spiro atoms. The number of pyridine rings is 1. The lowest BCUT2D eigenvalue weighted by Gasteiger charge is -2.09. The number of phenols is 1. The van der Waals surface area contributed by atoms with Gasteiger partial charge in [0.2, 0.25) is 0 Å². The van der Waals surface area contributed by atoms with Crippen molar-refractivity contribution < 1.29 is 13.5 Å². The van der Waals surface area contributed by atoms with Gasteiger partial charge in [0.25, 0.3) is 10.0 Å². The molecule has 7 nitrogen and oxygen atoms in total. The van der Waals surface area contributed by atoms with Crippen molar-refractivity contribution in [2.24, 2.45) is 0 Å². The van der Waals surface area contributed by atoms with E-state index in [0.717, 1.165) is 11.1 Å². The van der Waals surface area contributed by atoms with Crippen LogP contribution in [-0.4, -0.2) is 28.3 Å². The van der Waals surface area contributed by atoms with E-state index in [0.29, 0.717) is 5.52 Å². The van der Waals surface area contributed by atoms with E-state index >= 15 is 0 Å². The topological polar surface area (TPSA) is 97.1 Å². The van der Waals surface area contributed by atoms with Gasteiger partial charge in [0, 0.05) is 17.8 Å². The van der Waals surface area contributed by atoms with Gasteiger partial charge in [0.1, 0.15) is 17.1 Å². The highest BCUT2D eigenvalue weighted by Crippen LogP contribution is 2.25. The van der Waals surface area contributed by atoms with Gasteiger partial charge < -0.3 is 5.11 Å². The van der Waals surface area contributed by atoms with Crippen molar-refractivity contribution in [2.45, 2.75) is 4.90 Å². The third-order valence-corrected chi connectivity index (χ3v) is 5.22. The lowest BCUT2D eigenvalue weighted by Crippen LogP contribution is -2.14. The van der Waals surface area contributed by atoms with Gasteiger partial charge in [0.05, 0.1) is 10.6 Å². The molecule has 0 saturated heterocycles. The average Bonchev–Trinajstić information content (AvgIpc) is 3.17. The van der Waals surface area contributed by atoms with Crippen molar-refractivity contribution >= 4 is 26.7 Å². The van der Waals surface area contributed by atoms with Crippen LogP contribution in [-0.2, 0) is 10.0 Å². The summed E-state index contributed by atoms with van der Waals surface area (Å²) in [5.74, 6) is 0.127. The fraction of sp³-hybridized carbons (Fsp3) is 0. The Kier molecular flexibility index (Phi) is 3.81. The number of para-hydroxylation sites is 1. The molecule has 0 bridgehead atoms. The molecule has 26 heavy (non-hydrogen) atoms. The third kappa shape index (κ3) is 2.98. The summed E-state index contributed by atoms with van der Waals surface area (Å²) in [5.41, 5.74) is 1.09. The average molecular weight is 366 g/mol. The Morgan fingerprint density at radius 2 is 1.77 bits per heavy atom. The lowest BCUT2D eigenvalue weighted by molar-refractivity contribution is 0.480. The first kappa shape index (κ1) is 16.1. The molecule has 2 heterocycles. The van der Waals surface area contributed by atoms with Crippen LogP contribution in [0.3, 0.4) is 0 Å².